The number of nitrogens with one attached hydrogen (secondary N) is 1. The van der Waals surface area contributed by atoms with Crippen LogP contribution in [0.3, 0.4) is 0 Å². The van der Waals surface area contributed by atoms with Crippen LogP contribution in [0.2, 0.25) is 0 Å². The summed E-state index contributed by atoms with van der Waals surface area (Å²) >= 11 is 0. The van der Waals surface area contributed by atoms with Crippen molar-refractivity contribution in [3.8, 4) is 17.2 Å². The van der Waals surface area contributed by atoms with Crippen molar-refractivity contribution in [1.29, 1.82) is 0 Å². The van der Waals surface area contributed by atoms with Crippen LogP contribution in [0.5, 0.6) is 17.2 Å². The second-order valence-corrected chi connectivity index (χ2v) is 6.45. The molecule has 0 radical (unpaired) electrons. The van der Waals surface area contributed by atoms with Crippen LogP contribution in [0.1, 0.15) is 36.6 Å². The molecule has 3 N–H and O–H groups in total. The lowest BCUT2D eigenvalue weighted by Gasteiger charge is -2.28. The molecule has 0 aromatic heterocycles. The molecular formula is C19H23NO3. The van der Waals surface area contributed by atoms with E-state index in [1.165, 1.54) is 0 Å². The van der Waals surface area contributed by atoms with Gasteiger partial charge in [-0.25, -0.2) is 0 Å². The maximum absolute atomic E-state index is 9.81. The highest BCUT2D eigenvalue weighted by atomic mass is 16.5. The average Bonchev–Trinajstić information content (AvgIpc) is 2.54. The van der Waals surface area contributed by atoms with E-state index in [-0.39, 0.29) is 17.5 Å². The standard InChI is InChI=1S/C19H23NO3/c1-12(2)11-23-15-5-3-13(4-6-15)19-16-10-18(22)17(21)9-14(16)7-8-20-19/h3-6,9-10,12,19-22H,7-8,11H2,1-2H3. The summed E-state index contributed by atoms with van der Waals surface area (Å²) in [4.78, 5) is 0. The first-order valence-corrected chi connectivity index (χ1v) is 8.05. The van der Waals surface area contributed by atoms with E-state index < -0.39 is 0 Å². The number of rotatable bonds is 4. The molecule has 122 valence electrons. The van der Waals surface area contributed by atoms with E-state index in [9.17, 15) is 10.2 Å². The third-order valence-electron chi connectivity index (χ3n) is 4.09. The van der Waals surface area contributed by atoms with Gasteiger partial charge in [-0.3, -0.25) is 0 Å². The van der Waals surface area contributed by atoms with E-state index in [4.69, 9.17) is 4.74 Å². The van der Waals surface area contributed by atoms with Crippen molar-refractivity contribution in [2.75, 3.05) is 13.2 Å². The monoisotopic (exact) mass is 313 g/mol. The van der Waals surface area contributed by atoms with Gasteiger partial charge >= 0.3 is 0 Å². The largest absolute Gasteiger partial charge is 0.504 e. The fourth-order valence-corrected chi connectivity index (χ4v) is 2.90. The van der Waals surface area contributed by atoms with Gasteiger partial charge in [0, 0.05) is 6.54 Å². The summed E-state index contributed by atoms with van der Waals surface area (Å²) in [5.41, 5.74) is 3.21. The van der Waals surface area contributed by atoms with Gasteiger partial charge in [-0.1, -0.05) is 26.0 Å². The summed E-state index contributed by atoms with van der Waals surface area (Å²) in [5.74, 6) is 1.24. The van der Waals surface area contributed by atoms with Crippen LogP contribution in [0.4, 0.5) is 0 Å². The second kappa shape index (κ2) is 6.50. The molecular weight excluding hydrogens is 290 g/mol. The van der Waals surface area contributed by atoms with E-state index in [0.29, 0.717) is 12.5 Å². The van der Waals surface area contributed by atoms with E-state index >= 15 is 0 Å². The molecule has 0 saturated carbocycles. The molecule has 0 bridgehead atoms. The Hall–Kier alpha value is -2.20. The summed E-state index contributed by atoms with van der Waals surface area (Å²) in [5, 5.41) is 23.0. The third-order valence-corrected chi connectivity index (χ3v) is 4.09. The van der Waals surface area contributed by atoms with E-state index in [0.717, 1.165) is 35.4 Å². The van der Waals surface area contributed by atoms with Crippen molar-refractivity contribution in [3.05, 3.63) is 53.1 Å². The summed E-state index contributed by atoms with van der Waals surface area (Å²) in [7, 11) is 0. The van der Waals surface area contributed by atoms with Crippen LogP contribution in [0.25, 0.3) is 0 Å². The molecule has 0 aliphatic carbocycles. The van der Waals surface area contributed by atoms with Gasteiger partial charge in [-0.2, -0.15) is 0 Å². The van der Waals surface area contributed by atoms with Crippen molar-refractivity contribution in [2.24, 2.45) is 5.92 Å². The zero-order chi connectivity index (χ0) is 16.4. The van der Waals surface area contributed by atoms with Gasteiger partial charge in [-0.15, -0.1) is 0 Å². The first kappa shape index (κ1) is 15.7. The predicted octanol–water partition coefficient (Wildman–Crippen LogP) is 3.37. The number of phenolic OH excluding ortho intramolecular Hbond substituents is 2. The highest BCUT2D eigenvalue weighted by Crippen LogP contribution is 2.36. The smallest absolute Gasteiger partial charge is 0.157 e. The fourth-order valence-electron chi connectivity index (χ4n) is 2.90. The Labute approximate surface area is 136 Å². The quantitative estimate of drug-likeness (QED) is 0.757. The predicted molar refractivity (Wildman–Crippen MR) is 90.1 cm³/mol. The normalized spacial score (nSPS) is 17.1. The zero-order valence-corrected chi connectivity index (χ0v) is 13.5. The molecule has 0 saturated heterocycles. The van der Waals surface area contributed by atoms with Crippen molar-refractivity contribution in [2.45, 2.75) is 26.3 Å². The number of fused-ring (bicyclic) bond motifs is 1. The van der Waals surface area contributed by atoms with Crippen molar-refractivity contribution < 1.29 is 14.9 Å². The number of hydrogen-bond donors (Lipinski definition) is 3. The van der Waals surface area contributed by atoms with E-state index in [1.54, 1.807) is 12.1 Å². The lowest BCUT2D eigenvalue weighted by atomic mass is 9.89. The van der Waals surface area contributed by atoms with Gasteiger partial charge in [0.2, 0.25) is 0 Å². The Bertz CT molecular complexity index is 680. The maximum Gasteiger partial charge on any atom is 0.157 e. The van der Waals surface area contributed by atoms with Crippen molar-refractivity contribution in [3.63, 3.8) is 0 Å². The Balaban J connectivity index is 1.84. The first-order chi connectivity index (χ1) is 11.0. The molecule has 4 nitrogen and oxygen atoms in total. The lowest BCUT2D eigenvalue weighted by molar-refractivity contribution is 0.271. The van der Waals surface area contributed by atoms with Gasteiger partial charge in [0.15, 0.2) is 11.5 Å². The molecule has 1 heterocycles. The van der Waals surface area contributed by atoms with Crippen molar-refractivity contribution >= 4 is 0 Å². The van der Waals surface area contributed by atoms with Crippen LogP contribution in [0, 0.1) is 5.92 Å². The molecule has 0 amide bonds. The Morgan fingerprint density at radius 3 is 2.52 bits per heavy atom. The molecule has 3 rings (SSSR count). The van der Waals surface area contributed by atoms with Crippen LogP contribution >= 0.6 is 0 Å². The van der Waals surface area contributed by atoms with Crippen LogP contribution in [-0.2, 0) is 6.42 Å². The lowest BCUT2D eigenvalue weighted by Crippen LogP contribution is -2.30. The van der Waals surface area contributed by atoms with Crippen LogP contribution in [0.15, 0.2) is 36.4 Å². The minimum Gasteiger partial charge on any atom is -0.504 e. The van der Waals surface area contributed by atoms with Gasteiger partial charge in [-0.05, 0) is 53.3 Å². The highest BCUT2D eigenvalue weighted by Gasteiger charge is 2.23. The summed E-state index contributed by atoms with van der Waals surface area (Å²) < 4.78 is 5.72. The Kier molecular flexibility index (Phi) is 4.44. The number of benzene rings is 2. The van der Waals surface area contributed by atoms with Crippen LogP contribution in [-0.4, -0.2) is 23.4 Å². The Morgan fingerprint density at radius 2 is 1.83 bits per heavy atom. The summed E-state index contributed by atoms with van der Waals surface area (Å²) in [6, 6.07) is 11.4. The van der Waals surface area contributed by atoms with Gasteiger partial charge in [0.1, 0.15) is 5.75 Å². The average molecular weight is 313 g/mol. The molecule has 1 aliphatic heterocycles. The SMILES string of the molecule is CC(C)COc1ccc(C2NCCc3cc(O)c(O)cc32)cc1. The van der Waals surface area contributed by atoms with Crippen LogP contribution < -0.4 is 10.1 Å². The number of phenols is 2. The molecule has 2 aromatic rings. The third kappa shape index (κ3) is 3.42. The molecule has 4 heteroatoms. The number of ether oxygens (including phenoxy) is 1. The molecule has 1 atom stereocenters. The van der Waals surface area contributed by atoms with Gasteiger partial charge in [0.05, 0.1) is 12.6 Å². The maximum atomic E-state index is 9.81. The molecule has 23 heavy (non-hydrogen) atoms. The molecule has 0 fully saturated rings. The summed E-state index contributed by atoms with van der Waals surface area (Å²) in [6.45, 7) is 5.79. The minimum absolute atomic E-state index is 0.0180. The number of aromatic hydroxyl groups is 2. The summed E-state index contributed by atoms with van der Waals surface area (Å²) in [6.07, 6.45) is 0.843. The minimum atomic E-state index is -0.0747. The second-order valence-electron chi connectivity index (χ2n) is 6.45. The molecule has 2 aromatic carbocycles. The molecule has 1 aliphatic rings. The zero-order valence-electron chi connectivity index (χ0n) is 13.5. The fraction of sp³-hybridized carbons (Fsp3) is 0.368. The molecule has 0 spiro atoms. The number of hydrogen-bond acceptors (Lipinski definition) is 4. The van der Waals surface area contributed by atoms with Gasteiger partial charge in [0.25, 0.3) is 0 Å². The van der Waals surface area contributed by atoms with Crippen molar-refractivity contribution in [1.82, 2.24) is 5.32 Å². The van der Waals surface area contributed by atoms with Gasteiger partial charge < -0.3 is 20.3 Å². The molecule has 1 unspecified atom stereocenters. The topological polar surface area (TPSA) is 61.7 Å². The van der Waals surface area contributed by atoms with E-state index in [1.807, 2.05) is 24.3 Å². The highest BCUT2D eigenvalue weighted by molar-refractivity contribution is 5.50. The first-order valence-electron chi connectivity index (χ1n) is 8.05. The van der Waals surface area contributed by atoms with E-state index in [2.05, 4.69) is 19.2 Å². The Morgan fingerprint density at radius 1 is 1.13 bits per heavy atom.